The molecule has 0 spiro atoms. The lowest BCUT2D eigenvalue weighted by Gasteiger charge is -2.27. The van der Waals surface area contributed by atoms with Gasteiger partial charge in [0.05, 0.1) is 17.6 Å². The molecule has 1 aliphatic carbocycles. The molecule has 0 aromatic heterocycles. The summed E-state index contributed by atoms with van der Waals surface area (Å²) in [5, 5.41) is 19.4. The first-order valence-corrected chi connectivity index (χ1v) is 7.12. The Morgan fingerprint density at radius 3 is 2.87 bits per heavy atom. The Kier molecular flexibility index (Phi) is 4.95. The van der Waals surface area contributed by atoms with Gasteiger partial charge in [-0.1, -0.05) is 6.92 Å². The normalized spacial score (nSPS) is 32.5. The Morgan fingerprint density at radius 1 is 1.67 bits per heavy atom. The lowest BCUT2D eigenvalue weighted by molar-refractivity contribution is 0.0574. The van der Waals surface area contributed by atoms with E-state index >= 15 is 0 Å². The quantitative estimate of drug-likeness (QED) is 0.734. The van der Waals surface area contributed by atoms with Crippen LogP contribution in [0.4, 0.5) is 0 Å². The molecule has 1 aliphatic rings. The maximum atomic E-state index is 10.1. The van der Waals surface area contributed by atoms with E-state index in [2.05, 4.69) is 19.2 Å². The standard InChI is InChI=1S/C12H21NOS/c1-10-5-6-12(8-10,9-13)11(14)4-3-7-15-2/h10-11,14H,3-8H2,1-2H3. The molecule has 3 unspecified atom stereocenters. The fourth-order valence-corrected chi connectivity index (χ4v) is 2.96. The number of nitrogens with zero attached hydrogens (tertiary/aromatic N) is 1. The van der Waals surface area contributed by atoms with E-state index in [0.29, 0.717) is 5.92 Å². The summed E-state index contributed by atoms with van der Waals surface area (Å²) >= 11 is 1.80. The highest BCUT2D eigenvalue weighted by molar-refractivity contribution is 7.98. The van der Waals surface area contributed by atoms with Crippen LogP contribution in [0.25, 0.3) is 0 Å². The topological polar surface area (TPSA) is 44.0 Å². The summed E-state index contributed by atoms with van der Waals surface area (Å²) in [6, 6.07) is 2.38. The molecule has 0 radical (unpaired) electrons. The second-order valence-corrected chi connectivity index (χ2v) is 5.75. The Balaban J connectivity index is 2.48. The first-order valence-electron chi connectivity index (χ1n) is 5.73. The van der Waals surface area contributed by atoms with Crippen LogP contribution < -0.4 is 0 Å². The highest BCUT2D eigenvalue weighted by Gasteiger charge is 2.43. The van der Waals surface area contributed by atoms with Crippen LogP contribution in [0.3, 0.4) is 0 Å². The number of aliphatic hydroxyl groups is 1. The van der Waals surface area contributed by atoms with Gasteiger partial charge in [0.2, 0.25) is 0 Å². The molecule has 1 fully saturated rings. The summed E-state index contributed by atoms with van der Waals surface area (Å²) in [5.41, 5.74) is -0.433. The van der Waals surface area contributed by atoms with Crippen molar-refractivity contribution in [3.63, 3.8) is 0 Å². The minimum atomic E-state index is -0.433. The first kappa shape index (κ1) is 12.9. The van der Waals surface area contributed by atoms with Crippen LogP contribution in [0.15, 0.2) is 0 Å². The van der Waals surface area contributed by atoms with Gasteiger partial charge in [0.25, 0.3) is 0 Å². The highest BCUT2D eigenvalue weighted by atomic mass is 32.2. The van der Waals surface area contributed by atoms with Crippen molar-refractivity contribution in [1.82, 2.24) is 0 Å². The molecule has 0 aromatic carbocycles. The smallest absolute Gasteiger partial charge is 0.0834 e. The van der Waals surface area contributed by atoms with Crippen LogP contribution >= 0.6 is 11.8 Å². The van der Waals surface area contributed by atoms with E-state index < -0.39 is 11.5 Å². The second-order valence-electron chi connectivity index (χ2n) is 4.77. The molecule has 0 aliphatic heterocycles. The third kappa shape index (κ3) is 3.12. The molecule has 1 N–H and O–H groups in total. The summed E-state index contributed by atoms with van der Waals surface area (Å²) < 4.78 is 0. The number of nitriles is 1. The Labute approximate surface area is 97.1 Å². The monoisotopic (exact) mass is 227 g/mol. The van der Waals surface area contributed by atoms with E-state index in [1.54, 1.807) is 11.8 Å². The molecule has 2 nitrogen and oxygen atoms in total. The van der Waals surface area contributed by atoms with Gasteiger partial charge in [-0.2, -0.15) is 17.0 Å². The molecular weight excluding hydrogens is 206 g/mol. The maximum Gasteiger partial charge on any atom is 0.0834 e. The number of hydrogen-bond acceptors (Lipinski definition) is 3. The Hall–Kier alpha value is -0.200. The van der Waals surface area contributed by atoms with E-state index in [1.165, 1.54) is 0 Å². The predicted octanol–water partition coefficient (Wildman–Crippen LogP) is 2.82. The third-order valence-corrected chi connectivity index (χ3v) is 4.18. The van der Waals surface area contributed by atoms with Crippen LogP contribution in [0.5, 0.6) is 0 Å². The predicted molar refractivity (Wildman–Crippen MR) is 64.7 cm³/mol. The van der Waals surface area contributed by atoms with E-state index in [4.69, 9.17) is 0 Å². The van der Waals surface area contributed by atoms with Crippen molar-refractivity contribution >= 4 is 11.8 Å². The summed E-state index contributed by atoms with van der Waals surface area (Å²) in [4.78, 5) is 0. The van der Waals surface area contributed by atoms with Gasteiger partial charge in [-0.3, -0.25) is 0 Å². The zero-order chi connectivity index (χ0) is 11.3. The summed E-state index contributed by atoms with van der Waals surface area (Å²) in [5.74, 6) is 1.67. The molecule has 0 amide bonds. The molecule has 0 saturated heterocycles. The van der Waals surface area contributed by atoms with E-state index in [-0.39, 0.29) is 0 Å². The number of rotatable bonds is 5. The Bertz CT molecular complexity index is 238. The van der Waals surface area contributed by atoms with Crippen LogP contribution in [-0.4, -0.2) is 23.2 Å². The van der Waals surface area contributed by atoms with Gasteiger partial charge in [-0.05, 0) is 50.0 Å². The Morgan fingerprint density at radius 2 is 2.40 bits per heavy atom. The minimum Gasteiger partial charge on any atom is -0.391 e. The summed E-state index contributed by atoms with van der Waals surface area (Å²) in [6.45, 7) is 2.17. The van der Waals surface area contributed by atoms with Gasteiger partial charge in [-0.25, -0.2) is 0 Å². The van der Waals surface area contributed by atoms with Gasteiger partial charge in [0.1, 0.15) is 0 Å². The van der Waals surface area contributed by atoms with Gasteiger partial charge >= 0.3 is 0 Å². The van der Waals surface area contributed by atoms with Crippen LogP contribution in [0.2, 0.25) is 0 Å². The van der Waals surface area contributed by atoms with Crippen LogP contribution in [0, 0.1) is 22.7 Å². The molecule has 3 heteroatoms. The van der Waals surface area contributed by atoms with Crippen molar-refractivity contribution in [2.24, 2.45) is 11.3 Å². The molecule has 0 heterocycles. The molecular formula is C12H21NOS. The molecule has 1 rings (SSSR count). The molecule has 0 aromatic rings. The number of hydrogen-bond donors (Lipinski definition) is 1. The van der Waals surface area contributed by atoms with Gasteiger partial charge in [0.15, 0.2) is 0 Å². The molecule has 3 atom stereocenters. The fourth-order valence-electron chi connectivity index (χ4n) is 2.51. The van der Waals surface area contributed by atoms with Gasteiger partial charge in [0, 0.05) is 0 Å². The zero-order valence-corrected chi connectivity index (χ0v) is 10.5. The highest BCUT2D eigenvalue weighted by Crippen LogP contribution is 2.44. The average molecular weight is 227 g/mol. The van der Waals surface area contributed by atoms with Crippen molar-refractivity contribution in [1.29, 1.82) is 5.26 Å². The lowest BCUT2D eigenvalue weighted by Crippen LogP contribution is -2.31. The first-order chi connectivity index (χ1) is 7.14. The molecule has 15 heavy (non-hydrogen) atoms. The van der Waals surface area contributed by atoms with E-state index in [1.807, 2.05) is 0 Å². The molecule has 86 valence electrons. The average Bonchev–Trinajstić information content (AvgIpc) is 2.62. The van der Waals surface area contributed by atoms with Gasteiger partial charge < -0.3 is 5.11 Å². The zero-order valence-electron chi connectivity index (χ0n) is 9.70. The third-order valence-electron chi connectivity index (χ3n) is 3.48. The molecule has 0 bridgehead atoms. The van der Waals surface area contributed by atoms with E-state index in [9.17, 15) is 10.4 Å². The van der Waals surface area contributed by atoms with Crippen molar-refractivity contribution < 1.29 is 5.11 Å². The van der Waals surface area contributed by atoms with Crippen molar-refractivity contribution in [3.05, 3.63) is 0 Å². The maximum absolute atomic E-state index is 10.1. The molecule has 1 saturated carbocycles. The largest absolute Gasteiger partial charge is 0.391 e. The van der Waals surface area contributed by atoms with Crippen molar-refractivity contribution in [3.8, 4) is 6.07 Å². The number of thioether (sulfide) groups is 1. The second kappa shape index (κ2) is 5.77. The van der Waals surface area contributed by atoms with Crippen molar-refractivity contribution in [2.75, 3.05) is 12.0 Å². The van der Waals surface area contributed by atoms with Crippen molar-refractivity contribution in [2.45, 2.75) is 45.1 Å². The summed E-state index contributed by atoms with van der Waals surface area (Å²) in [6.07, 6.45) is 6.30. The fraction of sp³-hybridized carbons (Fsp3) is 0.917. The summed E-state index contributed by atoms with van der Waals surface area (Å²) in [7, 11) is 0. The van der Waals surface area contributed by atoms with Gasteiger partial charge in [-0.15, -0.1) is 0 Å². The van der Waals surface area contributed by atoms with Crippen LogP contribution in [0.1, 0.15) is 39.0 Å². The minimum absolute atomic E-state index is 0.417. The SMILES string of the molecule is CSCCCC(O)C1(C#N)CCC(C)C1. The van der Waals surface area contributed by atoms with E-state index in [0.717, 1.165) is 37.9 Å². The number of aliphatic hydroxyl groups excluding tert-OH is 1. The lowest BCUT2D eigenvalue weighted by atomic mass is 9.79. The van der Waals surface area contributed by atoms with Crippen LogP contribution in [-0.2, 0) is 0 Å².